The lowest BCUT2D eigenvalue weighted by atomic mass is 10.1. The van der Waals surface area contributed by atoms with Gasteiger partial charge in [0.1, 0.15) is 0 Å². The Morgan fingerprint density at radius 2 is 1.90 bits per heavy atom. The monoisotopic (exact) mass is 304 g/mol. The molecule has 0 saturated carbocycles. The summed E-state index contributed by atoms with van der Waals surface area (Å²) in [5, 5.41) is 7.57. The summed E-state index contributed by atoms with van der Waals surface area (Å²) >= 11 is 1.90. The van der Waals surface area contributed by atoms with E-state index in [0.717, 1.165) is 22.9 Å². The molecule has 0 aliphatic carbocycles. The summed E-state index contributed by atoms with van der Waals surface area (Å²) in [4.78, 5) is 0. The Morgan fingerprint density at radius 3 is 2.57 bits per heavy atom. The van der Waals surface area contributed by atoms with Crippen LogP contribution in [0.2, 0.25) is 0 Å². The predicted octanol–water partition coefficient (Wildman–Crippen LogP) is 4.43. The first-order chi connectivity index (χ1) is 10.1. The van der Waals surface area contributed by atoms with Gasteiger partial charge in [-0.25, -0.2) is 0 Å². The van der Waals surface area contributed by atoms with Crippen molar-refractivity contribution in [2.75, 3.05) is 5.75 Å². The minimum atomic E-state index is 0.280. The van der Waals surface area contributed by atoms with Crippen LogP contribution in [0.5, 0.6) is 0 Å². The molecule has 0 radical (unpaired) electrons. The maximum absolute atomic E-state index is 5.77. The van der Waals surface area contributed by atoms with Crippen LogP contribution in [-0.2, 0) is 10.5 Å². The van der Waals surface area contributed by atoms with Crippen molar-refractivity contribution in [3.63, 3.8) is 0 Å². The number of nitrogens with zero attached hydrogens (tertiary/aromatic N) is 1. The number of aromatic nitrogens is 2. The highest BCUT2D eigenvalue weighted by molar-refractivity contribution is 7.98. The molecule has 0 saturated heterocycles. The molecule has 1 atom stereocenters. The van der Waals surface area contributed by atoms with Crippen molar-refractivity contribution in [3.8, 4) is 11.3 Å². The third-order valence-electron chi connectivity index (χ3n) is 3.22. The Bertz CT molecular complexity index is 551. The zero-order valence-corrected chi connectivity index (χ0v) is 14.0. The van der Waals surface area contributed by atoms with Crippen LogP contribution in [0.25, 0.3) is 11.3 Å². The van der Waals surface area contributed by atoms with E-state index >= 15 is 0 Å². The van der Waals surface area contributed by atoms with Crippen LogP contribution in [0.1, 0.15) is 32.0 Å². The topological polar surface area (TPSA) is 37.9 Å². The van der Waals surface area contributed by atoms with E-state index in [1.165, 1.54) is 11.1 Å². The van der Waals surface area contributed by atoms with E-state index < -0.39 is 0 Å². The highest BCUT2D eigenvalue weighted by Crippen LogP contribution is 2.27. The Kier molecular flexibility index (Phi) is 5.88. The van der Waals surface area contributed by atoms with Crippen molar-refractivity contribution in [1.82, 2.24) is 10.2 Å². The van der Waals surface area contributed by atoms with Gasteiger partial charge in [0.2, 0.25) is 0 Å². The summed E-state index contributed by atoms with van der Waals surface area (Å²) in [6, 6.07) is 10.3. The summed E-state index contributed by atoms with van der Waals surface area (Å²) in [6.07, 6.45) is 0.568. The minimum absolute atomic E-state index is 0.280. The standard InChI is InChI=1S/C17H24N2OS/c1-12(2)20-13(3)10-21-11-16-14(4)18-19-17(16)15-8-6-5-7-9-15/h5-9,12-13H,10-11H2,1-4H3,(H,18,19). The summed E-state index contributed by atoms with van der Waals surface area (Å²) in [5.74, 6) is 1.95. The molecule has 0 aliphatic rings. The normalized spacial score (nSPS) is 12.8. The van der Waals surface area contributed by atoms with Crippen molar-refractivity contribution in [3.05, 3.63) is 41.6 Å². The number of nitrogens with one attached hydrogen (secondary N) is 1. The van der Waals surface area contributed by atoms with Gasteiger partial charge >= 0.3 is 0 Å². The average molecular weight is 304 g/mol. The fraction of sp³-hybridized carbons (Fsp3) is 0.471. The zero-order valence-electron chi connectivity index (χ0n) is 13.2. The highest BCUT2D eigenvalue weighted by atomic mass is 32.2. The quantitative estimate of drug-likeness (QED) is 0.822. The summed E-state index contributed by atoms with van der Waals surface area (Å²) in [5.41, 5.74) is 4.68. The number of benzene rings is 1. The molecule has 21 heavy (non-hydrogen) atoms. The van der Waals surface area contributed by atoms with Crippen molar-refractivity contribution in [2.24, 2.45) is 0 Å². The van der Waals surface area contributed by atoms with Crippen LogP contribution in [-0.4, -0.2) is 28.2 Å². The third-order valence-corrected chi connectivity index (χ3v) is 4.42. The first-order valence-electron chi connectivity index (χ1n) is 7.40. The first-order valence-corrected chi connectivity index (χ1v) is 8.56. The molecule has 2 aromatic rings. The van der Waals surface area contributed by atoms with Crippen LogP contribution in [0.4, 0.5) is 0 Å². The van der Waals surface area contributed by atoms with Crippen molar-refractivity contribution in [2.45, 2.75) is 45.7 Å². The third kappa shape index (κ3) is 4.61. The van der Waals surface area contributed by atoms with Gasteiger partial charge in [-0.05, 0) is 27.7 Å². The molecule has 0 bridgehead atoms. The first kappa shape index (κ1) is 16.1. The Labute approximate surface area is 131 Å². The van der Waals surface area contributed by atoms with Crippen molar-refractivity contribution in [1.29, 1.82) is 0 Å². The maximum atomic E-state index is 5.77. The molecular formula is C17H24N2OS. The van der Waals surface area contributed by atoms with E-state index in [0.29, 0.717) is 0 Å². The second-order valence-electron chi connectivity index (χ2n) is 5.55. The zero-order chi connectivity index (χ0) is 15.2. The van der Waals surface area contributed by atoms with E-state index in [4.69, 9.17) is 4.74 Å². The number of hydrogen-bond donors (Lipinski definition) is 1. The van der Waals surface area contributed by atoms with E-state index in [2.05, 4.69) is 62.2 Å². The molecule has 1 heterocycles. The molecule has 1 aromatic carbocycles. The molecule has 1 aromatic heterocycles. The van der Waals surface area contributed by atoms with Gasteiger partial charge < -0.3 is 4.74 Å². The summed E-state index contributed by atoms with van der Waals surface area (Å²) in [6.45, 7) is 8.38. The van der Waals surface area contributed by atoms with Crippen molar-refractivity contribution < 1.29 is 4.74 Å². The number of hydrogen-bond acceptors (Lipinski definition) is 3. The van der Waals surface area contributed by atoms with Gasteiger partial charge in [0.05, 0.1) is 17.9 Å². The molecular weight excluding hydrogens is 280 g/mol. The van der Waals surface area contributed by atoms with Crippen LogP contribution in [0.15, 0.2) is 30.3 Å². The predicted molar refractivity (Wildman–Crippen MR) is 90.6 cm³/mol. The summed E-state index contributed by atoms with van der Waals surface area (Å²) in [7, 11) is 0. The number of aromatic amines is 1. The van der Waals surface area contributed by atoms with Gasteiger partial charge in [0.25, 0.3) is 0 Å². The van der Waals surface area contributed by atoms with E-state index in [1.807, 2.05) is 17.8 Å². The largest absolute Gasteiger partial charge is 0.375 e. The van der Waals surface area contributed by atoms with Gasteiger partial charge in [-0.2, -0.15) is 16.9 Å². The Balaban J connectivity index is 1.99. The van der Waals surface area contributed by atoms with Gasteiger partial charge in [0.15, 0.2) is 0 Å². The van der Waals surface area contributed by atoms with Gasteiger partial charge in [0, 0.05) is 28.3 Å². The Hall–Kier alpha value is -1.26. The van der Waals surface area contributed by atoms with Gasteiger partial charge in [-0.15, -0.1) is 0 Å². The van der Waals surface area contributed by atoms with Crippen LogP contribution in [0, 0.1) is 6.92 Å². The molecule has 4 heteroatoms. The van der Waals surface area contributed by atoms with Gasteiger partial charge in [-0.1, -0.05) is 30.3 Å². The molecule has 114 valence electrons. The minimum Gasteiger partial charge on any atom is -0.375 e. The number of rotatable bonds is 7. The van der Waals surface area contributed by atoms with Crippen LogP contribution in [0.3, 0.4) is 0 Å². The van der Waals surface area contributed by atoms with Crippen LogP contribution < -0.4 is 0 Å². The fourth-order valence-electron chi connectivity index (χ4n) is 2.29. The maximum Gasteiger partial charge on any atom is 0.0963 e. The van der Waals surface area contributed by atoms with Crippen molar-refractivity contribution >= 4 is 11.8 Å². The van der Waals surface area contributed by atoms with Gasteiger partial charge in [-0.3, -0.25) is 5.10 Å². The average Bonchev–Trinajstić information content (AvgIpc) is 2.80. The second kappa shape index (κ2) is 7.66. The van der Waals surface area contributed by atoms with E-state index in [9.17, 15) is 0 Å². The number of aryl methyl sites for hydroxylation is 1. The molecule has 0 amide bonds. The lowest BCUT2D eigenvalue weighted by molar-refractivity contribution is 0.0327. The second-order valence-corrected chi connectivity index (χ2v) is 6.58. The number of H-pyrrole nitrogens is 1. The van der Waals surface area contributed by atoms with E-state index in [1.54, 1.807) is 0 Å². The highest BCUT2D eigenvalue weighted by Gasteiger charge is 2.13. The molecule has 2 rings (SSSR count). The molecule has 0 fully saturated rings. The number of ether oxygens (including phenoxy) is 1. The lowest BCUT2D eigenvalue weighted by Crippen LogP contribution is -2.16. The smallest absolute Gasteiger partial charge is 0.0963 e. The molecule has 0 aliphatic heterocycles. The lowest BCUT2D eigenvalue weighted by Gasteiger charge is -2.15. The molecule has 0 spiro atoms. The Morgan fingerprint density at radius 1 is 1.19 bits per heavy atom. The molecule has 3 nitrogen and oxygen atoms in total. The van der Waals surface area contributed by atoms with Crippen LogP contribution >= 0.6 is 11.8 Å². The van der Waals surface area contributed by atoms with E-state index in [-0.39, 0.29) is 12.2 Å². The molecule has 1 unspecified atom stereocenters. The fourth-order valence-corrected chi connectivity index (χ4v) is 3.38. The summed E-state index contributed by atoms with van der Waals surface area (Å²) < 4.78 is 5.77. The number of thioether (sulfide) groups is 1. The molecule has 1 N–H and O–H groups in total. The SMILES string of the molecule is Cc1[nH]nc(-c2ccccc2)c1CSCC(C)OC(C)C.